The molecule has 1 fully saturated rings. The Morgan fingerprint density at radius 3 is 2.13 bits per heavy atom. The summed E-state index contributed by atoms with van der Waals surface area (Å²) in [4.78, 5) is 15.3. The molecule has 0 radical (unpaired) electrons. The first-order valence-corrected chi connectivity index (χ1v) is 11.8. The molecular formula is C23H26N2O5S. The van der Waals surface area contributed by atoms with Gasteiger partial charge in [-0.15, -0.1) is 0 Å². The lowest BCUT2D eigenvalue weighted by molar-refractivity contribution is 0.0704. The maximum absolute atomic E-state index is 13.5. The maximum atomic E-state index is 13.5. The topological polar surface area (TPSA) is 84.0 Å². The molecule has 1 amide bonds. The molecule has 7 nitrogen and oxygen atoms in total. The lowest BCUT2D eigenvalue weighted by Crippen LogP contribution is -2.36. The molecule has 1 aromatic carbocycles. The number of benzene rings is 1. The first-order chi connectivity index (χ1) is 14.9. The predicted molar refractivity (Wildman–Crippen MR) is 115 cm³/mol. The molecule has 164 valence electrons. The lowest BCUT2D eigenvalue weighted by atomic mass is 10.1. The fourth-order valence-corrected chi connectivity index (χ4v) is 5.34. The van der Waals surface area contributed by atoms with Crippen molar-refractivity contribution in [3.05, 3.63) is 77.6 Å². The monoisotopic (exact) mass is 442 g/mol. The van der Waals surface area contributed by atoms with E-state index in [1.165, 1.54) is 10.4 Å². The molecular weight excluding hydrogens is 416 g/mol. The van der Waals surface area contributed by atoms with E-state index in [0.29, 0.717) is 35.7 Å². The van der Waals surface area contributed by atoms with Gasteiger partial charge in [-0.25, -0.2) is 8.42 Å². The van der Waals surface area contributed by atoms with E-state index in [0.717, 1.165) is 19.3 Å². The average molecular weight is 443 g/mol. The van der Waals surface area contributed by atoms with Gasteiger partial charge in [-0.3, -0.25) is 4.79 Å². The highest BCUT2D eigenvalue weighted by molar-refractivity contribution is 7.89. The Balaban J connectivity index is 1.65. The second-order valence-electron chi connectivity index (χ2n) is 7.76. The average Bonchev–Trinajstić information content (AvgIpc) is 3.48. The van der Waals surface area contributed by atoms with Crippen molar-refractivity contribution in [1.29, 1.82) is 0 Å². The highest BCUT2D eigenvalue weighted by Gasteiger charge is 2.28. The Morgan fingerprint density at radius 1 is 0.968 bits per heavy atom. The van der Waals surface area contributed by atoms with Crippen molar-refractivity contribution < 1.29 is 22.0 Å². The minimum absolute atomic E-state index is 0.152. The van der Waals surface area contributed by atoms with Crippen molar-refractivity contribution in [1.82, 2.24) is 9.21 Å². The van der Waals surface area contributed by atoms with Crippen molar-refractivity contribution in [3.8, 4) is 0 Å². The Bertz CT molecular complexity index is 1080. The largest absolute Gasteiger partial charge is 0.467 e. The van der Waals surface area contributed by atoms with Crippen LogP contribution in [0.2, 0.25) is 0 Å². The minimum Gasteiger partial charge on any atom is -0.467 e. The van der Waals surface area contributed by atoms with Gasteiger partial charge in [0.15, 0.2) is 0 Å². The van der Waals surface area contributed by atoms with E-state index in [2.05, 4.69) is 0 Å². The van der Waals surface area contributed by atoms with Gasteiger partial charge in [-0.1, -0.05) is 12.5 Å². The Kier molecular flexibility index (Phi) is 6.29. The van der Waals surface area contributed by atoms with Gasteiger partial charge in [0, 0.05) is 18.7 Å². The maximum Gasteiger partial charge on any atom is 0.254 e. The zero-order valence-electron chi connectivity index (χ0n) is 17.5. The van der Waals surface area contributed by atoms with Crippen LogP contribution < -0.4 is 0 Å². The number of piperidine rings is 1. The molecule has 0 saturated carbocycles. The fraction of sp³-hybridized carbons (Fsp3) is 0.348. The SMILES string of the molecule is Cc1ccc(S(=O)(=O)N2CCCCC2)cc1C(=O)N(Cc1ccco1)Cc1ccco1. The van der Waals surface area contributed by atoms with Crippen LogP contribution in [0.4, 0.5) is 0 Å². The summed E-state index contributed by atoms with van der Waals surface area (Å²) in [7, 11) is -3.63. The number of carbonyl (C=O) groups excluding carboxylic acids is 1. The number of rotatable bonds is 7. The number of furan rings is 2. The number of aryl methyl sites for hydroxylation is 1. The zero-order chi connectivity index (χ0) is 21.8. The van der Waals surface area contributed by atoms with Crippen molar-refractivity contribution in [2.75, 3.05) is 13.1 Å². The highest BCUT2D eigenvalue weighted by Crippen LogP contribution is 2.24. The molecule has 0 bridgehead atoms. The van der Waals surface area contributed by atoms with Gasteiger partial charge in [0.25, 0.3) is 5.91 Å². The van der Waals surface area contributed by atoms with Crippen molar-refractivity contribution in [2.45, 2.75) is 44.2 Å². The van der Waals surface area contributed by atoms with E-state index in [-0.39, 0.29) is 23.9 Å². The smallest absolute Gasteiger partial charge is 0.254 e. The van der Waals surface area contributed by atoms with E-state index in [1.54, 1.807) is 53.8 Å². The molecule has 1 saturated heterocycles. The van der Waals surface area contributed by atoms with Crippen LogP contribution in [0.1, 0.15) is 46.7 Å². The van der Waals surface area contributed by atoms with E-state index in [4.69, 9.17) is 8.83 Å². The minimum atomic E-state index is -3.63. The molecule has 0 spiro atoms. The van der Waals surface area contributed by atoms with Crippen molar-refractivity contribution >= 4 is 15.9 Å². The van der Waals surface area contributed by atoms with Crippen molar-refractivity contribution in [2.24, 2.45) is 0 Å². The third kappa shape index (κ3) is 4.75. The van der Waals surface area contributed by atoms with Crippen LogP contribution in [-0.2, 0) is 23.1 Å². The second-order valence-corrected chi connectivity index (χ2v) is 9.70. The summed E-state index contributed by atoms with van der Waals surface area (Å²) >= 11 is 0. The lowest BCUT2D eigenvalue weighted by Gasteiger charge is -2.26. The van der Waals surface area contributed by atoms with Gasteiger partial charge < -0.3 is 13.7 Å². The summed E-state index contributed by atoms with van der Waals surface area (Å²) in [5.41, 5.74) is 1.07. The molecule has 3 heterocycles. The third-order valence-electron chi connectivity index (χ3n) is 5.53. The molecule has 4 rings (SSSR count). The van der Waals surface area contributed by atoms with Crippen molar-refractivity contribution in [3.63, 3.8) is 0 Å². The van der Waals surface area contributed by atoms with Crippen LogP contribution in [0.3, 0.4) is 0 Å². The Hall–Kier alpha value is -2.84. The van der Waals surface area contributed by atoms with Crippen LogP contribution in [0.15, 0.2) is 68.7 Å². The summed E-state index contributed by atoms with van der Waals surface area (Å²) in [6.45, 7) is 3.33. The summed E-state index contributed by atoms with van der Waals surface area (Å²) in [5, 5.41) is 0. The number of carbonyl (C=O) groups is 1. The van der Waals surface area contributed by atoms with Gasteiger partial charge in [-0.05, 0) is 61.7 Å². The first kappa shape index (κ1) is 21.4. The van der Waals surface area contributed by atoms with E-state index >= 15 is 0 Å². The number of amides is 1. The zero-order valence-corrected chi connectivity index (χ0v) is 18.3. The number of nitrogens with zero attached hydrogens (tertiary/aromatic N) is 2. The standard InChI is InChI=1S/C23H26N2O5S/c1-18-9-10-21(31(27,28)25-11-3-2-4-12-25)15-22(18)23(26)24(16-19-7-5-13-29-19)17-20-8-6-14-30-20/h5-10,13-15H,2-4,11-12,16-17H2,1H3. The van der Waals surface area contributed by atoms with E-state index in [9.17, 15) is 13.2 Å². The molecule has 2 aromatic heterocycles. The molecule has 31 heavy (non-hydrogen) atoms. The van der Waals surface area contributed by atoms with Gasteiger partial charge in [0.2, 0.25) is 10.0 Å². The van der Waals surface area contributed by atoms with E-state index < -0.39 is 10.0 Å². The third-order valence-corrected chi connectivity index (χ3v) is 7.43. The van der Waals surface area contributed by atoms with E-state index in [1.807, 2.05) is 6.92 Å². The number of hydrogen-bond donors (Lipinski definition) is 0. The molecule has 0 N–H and O–H groups in total. The summed E-state index contributed by atoms with van der Waals surface area (Å²) < 4.78 is 38.6. The fourth-order valence-electron chi connectivity index (χ4n) is 3.80. The van der Waals surface area contributed by atoms with Crippen LogP contribution in [0.25, 0.3) is 0 Å². The molecule has 1 aliphatic heterocycles. The summed E-state index contributed by atoms with van der Waals surface area (Å²) in [6, 6.07) is 11.9. The summed E-state index contributed by atoms with van der Waals surface area (Å²) in [5.74, 6) is 0.991. The van der Waals surface area contributed by atoms with Crippen LogP contribution in [0.5, 0.6) is 0 Å². The molecule has 3 aromatic rings. The van der Waals surface area contributed by atoms with Gasteiger partial charge in [0.1, 0.15) is 11.5 Å². The van der Waals surface area contributed by atoms with Crippen LogP contribution in [0, 0.1) is 6.92 Å². The molecule has 0 atom stereocenters. The Morgan fingerprint density at radius 2 is 1.58 bits per heavy atom. The normalized spacial score (nSPS) is 15.1. The quantitative estimate of drug-likeness (QED) is 0.548. The molecule has 1 aliphatic rings. The summed E-state index contributed by atoms with van der Waals surface area (Å²) in [6.07, 6.45) is 5.87. The number of hydrogen-bond acceptors (Lipinski definition) is 5. The first-order valence-electron chi connectivity index (χ1n) is 10.4. The van der Waals surface area contributed by atoms with Crippen LogP contribution in [-0.4, -0.2) is 36.6 Å². The van der Waals surface area contributed by atoms with Gasteiger partial charge >= 0.3 is 0 Å². The van der Waals surface area contributed by atoms with Gasteiger partial charge in [0.05, 0.1) is 30.5 Å². The number of sulfonamides is 1. The highest BCUT2D eigenvalue weighted by atomic mass is 32.2. The van der Waals surface area contributed by atoms with Crippen LogP contribution >= 0.6 is 0 Å². The Labute approximate surface area is 182 Å². The molecule has 8 heteroatoms. The molecule has 0 aliphatic carbocycles. The van der Waals surface area contributed by atoms with Gasteiger partial charge in [-0.2, -0.15) is 4.31 Å². The predicted octanol–water partition coefficient (Wildman–Crippen LogP) is 4.20. The molecule has 0 unspecified atom stereocenters. The second kappa shape index (κ2) is 9.11.